The van der Waals surface area contributed by atoms with Gasteiger partial charge in [0.15, 0.2) is 0 Å². The van der Waals surface area contributed by atoms with E-state index in [1.54, 1.807) is 12.3 Å². The Hall–Kier alpha value is -1.45. The van der Waals surface area contributed by atoms with Gasteiger partial charge in [0.1, 0.15) is 5.69 Å². The summed E-state index contributed by atoms with van der Waals surface area (Å²) < 4.78 is 4.81. The van der Waals surface area contributed by atoms with E-state index in [2.05, 4.69) is 4.98 Å². The van der Waals surface area contributed by atoms with E-state index in [1.165, 1.54) is 7.11 Å². The minimum Gasteiger partial charge on any atom is -0.479 e. The Bertz CT molecular complexity index is 236. The summed E-state index contributed by atoms with van der Waals surface area (Å²) in [7, 11) is 1.50. The van der Waals surface area contributed by atoms with Gasteiger partial charge in [-0.2, -0.15) is 0 Å². The summed E-state index contributed by atoms with van der Waals surface area (Å²) in [6.07, 6.45) is 1.55. The highest BCUT2D eigenvalue weighted by molar-refractivity contribution is 5.67. The highest BCUT2D eigenvalue weighted by Crippen LogP contribution is 2.22. The number of pyridine rings is 1. The van der Waals surface area contributed by atoms with Crippen LogP contribution in [0.1, 0.15) is 0 Å². The van der Waals surface area contributed by atoms with Crippen LogP contribution in [0.2, 0.25) is 0 Å². The van der Waals surface area contributed by atoms with Gasteiger partial charge in [-0.3, -0.25) is 0 Å². The van der Waals surface area contributed by atoms with Gasteiger partial charge in [0.25, 0.3) is 0 Å². The van der Waals surface area contributed by atoms with Gasteiger partial charge in [-0.1, -0.05) is 0 Å². The number of hydrogen-bond acceptors (Lipinski definition) is 4. The molecule has 0 radical (unpaired) electrons. The maximum absolute atomic E-state index is 5.48. The van der Waals surface area contributed by atoms with Gasteiger partial charge >= 0.3 is 0 Å². The highest BCUT2D eigenvalue weighted by atomic mass is 16.5. The average Bonchev–Trinajstić information content (AvgIpc) is 1.95. The summed E-state index contributed by atoms with van der Waals surface area (Å²) in [6.45, 7) is 0. The first-order chi connectivity index (χ1) is 4.75. The van der Waals surface area contributed by atoms with Gasteiger partial charge in [-0.25, -0.2) is 4.98 Å². The first-order valence-electron chi connectivity index (χ1n) is 2.79. The second-order valence-corrected chi connectivity index (χ2v) is 1.82. The summed E-state index contributed by atoms with van der Waals surface area (Å²) in [5.74, 6) is 0.375. The number of ether oxygens (including phenoxy) is 1. The van der Waals surface area contributed by atoms with Crippen LogP contribution >= 0.6 is 0 Å². The summed E-state index contributed by atoms with van der Waals surface area (Å²) >= 11 is 0. The van der Waals surface area contributed by atoms with Crippen LogP contribution < -0.4 is 16.2 Å². The maximum Gasteiger partial charge on any atom is 0.239 e. The van der Waals surface area contributed by atoms with Gasteiger partial charge in [0.05, 0.1) is 12.8 Å². The summed E-state index contributed by atoms with van der Waals surface area (Å²) in [6, 6.07) is 1.62. The van der Waals surface area contributed by atoms with Crippen LogP contribution in [0.5, 0.6) is 5.88 Å². The number of rotatable bonds is 1. The minimum absolute atomic E-state index is 0.375. The molecule has 4 N–H and O–H groups in total. The van der Waals surface area contributed by atoms with E-state index in [0.717, 1.165) is 0 Å². The predicted octanol–water partition coefficient (Wildman–Crippen LogP) is 0.255. The number of anilines is 2. The lowest BCUT2D eigenvalue weighted by Gasteiger charge is -2.03. The molecule has 1 heterocycles. The molecule has 54 valence electrons. The van der Waals surface area contributed by atoms with Crippen molar-refractivity contribution in [3.63, 3.8) is 0 Å². The molecule has 0 unspecified atom stereocenters. The summed E-state index contributed by atoms with van der Waals surface area (Å²) in [5.41, 5.74) is 11.8. The van der Waals surface area contributed by atoms with Crippen LogP contribution in [0.3, 0.4) is 0 Å². The smallest absolute Gasteiger partial charge is 0.239 e. The molecule has 0 aromatic carbocycles. The zero-order valence-corrected chi connectivity index (χ0v) is 5.66. The van der Waals surface area contributed by atoms with Gasteiger partial charge < -0.3 is 16.2 Å². The second-order valence-electron chi connectivity index (χ2n) is 1.82. The Kier molecular flexibility index (Phi) is 1.62. The maximum atomic E-state index is 5.48. The molecule has 0 aliphatic heterocycles. The molecular formula is C6H9N3O. The van der Waals surface area contributed by atoms with Crippen molar-refractivity contribution >= 4 is 11.4 Å². The Morgan fingerprint density at radius 3 is 2.70 bits per heavy atom. The fourth-order valence-electron chi connectivity index (χ4n) is 0.631. The molecule has 4 heteroatoms. The zero-order chi connectivity index (χ0) is 7.56. The summed E-state index contributed by atoms with van der Waals surface area (Å²) in [4.78, 5) is 3.83. The molecule has 0 atom stereocenters. The van der Waals surface area contributed by atoms with E-state index in [1.807, 2.05) is 0 Å². The molecule has 0 spiro atoms. The molecular weight excluding hydrogens is 130 g/mol. The number of nitrogen functional groups attached to an aromatic ring is 2. The van der Waals surface area contributed by atoms with Gasteiger partial charge in [-0.15, -0.1) is 0 Å². The molecule has 0 aliphatic rings. The third-order valence-corrected chi connectivity index (χ3v) is 1.18. The second kappa shape index (κ2) is 2.43. The Morgan fingerprint density at radius 1 is 1.50 bits per heavy atom. The van der Waals surface area contributed by atoms with Gasteiger partial charge in [-0.05, 0) is 6.07 Å². The Labute approximate surface area is 58.8 Å². The van der Waals surface area contributed by atoms with Crippen molar-refractivity contribution in [2.75, 3.05) is 18.6 Å². The van der Waals surface area contributed by atoms with E-state index in [4.69, 9.17) is 16.2 Å². The van der Waals surface area contributed by atoms with Crippen LogP contribution in [0.4, 0.5) is 11.4 Å². The zero-order valence-electron chi connectivity index (χ0n) is 5.66. The highest BCUT2D eigenvalue weighted by Gasteiger charge is 2.01. The first kappa shape index (κ1) is 6.67. The van der Waals surface area contributed by atoms with Crippen molar-refractivity contribution < 1.29 is 4.74 Å². The average molecular weight is 139 g/mol. The van der Waals surface area contributed by atoms with Crippen LogP contribution in [0, 0.1) is 0 Å². The van der Waals surface area contributed by atoms with E-state index >= 15 is 0 Å². The summed E-state index contributed by atoms with van der Waals surface area (Å²) in [5, 5.41) is 0. The first-order valence-corrected chi connectivity index (χ1v) is 2.79. The lowest BCUT2D eigenvalue weighted by Crippen LogP contribution is -1.99. The molecule has 1 aromatic rings. The van der Waals surface area contributed by atoms with Gasteiger partial charge in [0.2, 0.25) is 5.88 Å². The standard InChI is InChI=1S/C6H9N3O/c1-10-6-5(8)4(7)2-3-9-6/h2-3H,8H2,1H3,(H2,7,9). The molecule has 4 nitrogen and oxygen atoms in total. The monoisotopic (exact) mass is 139 g/mol. The van der Waals surface area contributed by atoms with Crippen LogP contribution in [-0.2, 0) is 0 Å². The number of hydrogen-bond donors (Lipinski definition) is 2. The van der Waals surface area contributed by atoms with Gasteiger partial charge in [0, 0.05) is 6.20 Å². The van der Waals surface area contributed by atoms with E-state index < -0.39 is 0 Å². The van der Waals surface area contributed by atoms with Crippen LogP contribution in [-0.4, -0.2) is 12.1 Å². The lowest BCUT2D eigenvalue weighted by molar-refractivity contribution is 0.400. The van der Waals surface area contributed by atoms with Crippen molar-refractivity contribution in [2.45, 2.75) is 0 Å². The van der Waals surface area contributed by atoms with Crippen molar-refractivity contribution in [2.24, 2.45) is 0 Å². The number of methoxy groups -OCH3 is 1. The normalized spacial score (nSPS) is 9.30. The topological polar surface area (TPSA) is 74.2 Å². The van der Waals surface area contributed by atoms with Crippen molar-refractivity contribution in [1.29, 1.82) is 0 Å². The molecule has 0 saturated heterocycles. The third-order valence-electron chi connectivity index (χ3n) is 1.18. The minimum atomic E-state index is 0.375. The molecule has 0 saturated carbocycles. The molecule has 0 amide bonds. The predicted molar refractivity (Wildman–Crippen MR) is 39.6 cm³/mol. The van der Waals surface area contributed by atoms with E-state index in [-0.39, 0.29) is 0 Å². The fourth-order valence-corrected chi connectivity index (χ4v) is 0.631. The SMILES string of the molecule is COc1nccc(N)c1N. The molecule has 1 rings (SSSR count). The molecule has 0 bridgehead atoms. The number of aromatic nitrogens is 1. The third kappa shape index (κ3) is 0.953. The van der Waals surface area contributed by atoms with Crippen molar-refractivity contribution in [3.8, 4) is 5.88 Å². The number of nitrogens with two attached hydrogens (primary N) is 2. The van der Waals surface area contributed by atoms with Crippen molar-refractivity contribution in [3.05, 3.63) is 12.3 Å². The largest absolute Gasteiger partial charge is 0.479 e. The van der Waals surface area contributed by atoms with Crippen LogP contribution in [0.25, 0.3) is 0 Å². The molecule has 0 aliphatic carbocycles. The molecule has 0 fully saturated rings. The van der Waals surface area contributed by atoms with Crippen molar-refractivity contribution in [1.82, 2.24) is 4.98 Å². The fraction of sp³-hybridized carbons (Fsp3) is 0.167. The van der Waals surface area contributed by atoms with Crippen LogP contribution in [0.15, 0.2) is 12.3 Å². The van der Waals surface area contributed by atoms with E-state index in [9.17, 15) is 0 Å². The molecule has 10 heavy (non-hydrogen) atoms. The molecule has 1 aromatic heterocycles. The Balaban J connectivity index is 3.14. The van der Waals surface area contributed by atoms with E-state index in [0.29, 0.717) is 17.3 Å². The quantitative estimate of drug-likeness (QED) is 0.585. The lowest BCUT2D eigenvalue weighted by atomic mass is 10.3. The number of nitrogens with zero attached hydrogens (tertiary/aromatic N) is 1. The Morgan fingerprint density at radius 2 is 2.20 bits per heavy atom.